The molecule has 1 aliphatic heterocycles. The number of piperidine rings is 1. The SMILES string of the molecule is CN(C)[C@@H]1CN(Cc2ccn[nH]2)CC[C@]1(O)c1ccccc1. The van der Waals surface area contributed by atoms with Crippen LogP contribution in [0.4, 0.5) is 0 Å². The molecule has 0 saturated carbocycles. The van der Waals surface area contributed by atoms with Gasteiger partial charge in [-0.1, -0.05) is 30.3 Å². The fourth-order valence-corrected chi connectivity index (χ4v) is 3.39. The largest absolute Gasteiger partial charge is 0.383 e. The van der Waals surface area contributed by atoms with Crippen molar-refractivity contribution in [2.75, 3.05) is 27.2 Å². The summed E-state index contributed by atoms with van der Waals surface area (Å²) >= 11 is 0. The monoisotopic (exact) mass is 300 g/mol. The third-order valence-electron chi connectivity index (χ3n) is 4.64. The van der Waals surface area contributed by atoms with Crippen molar-refractivity contribution in [3.05, 3.63) is 53.9 Å². The van der Waals surface area contributed by atoms with E-state index in [0.29, 0.717) is 0 Å². The first-order valence-corrected chi connectivity index (χ1v) is 7.74. The highest BCUT2D eigenvalue weighted by Gasteiger charge is 2.43. The molecule has 1 aliphatic rings. The number of benzene rings is 1. The van der Waals surface area contributed by atoms with Crippen molar-refractivity contribution in [3.8, 4) is 0 Å². The van der Waals surface area contributed by atoms with Gasteiger partial charge in [0.15, 0.2) is 0 Å². The predicted octanol–water partition coefficient (Wildman–Crippen LogP) is 1.43. The van der Waals surface area contributed by atoms with E-state index < -0.39 is 5.60 Å². The number of aliphatic hydroxyl groups is 1. The molecular formula is C17H24N4O. The number of likely N-dealkylation sites (N-methyl/N-ethyl adjacent to an activating group) is 1. The number of aromatic nitrogens is 2. The molecule has 1 aromatic heterocycles. The van der Waals surface area contributed by atoms with Crippen LogP contribution in [0.2, 0.25) is 0 Å². The Morgan fingerprint density at radius 2 is 2.09 bits per heavy atom. The normalized spacial score (nSPS) is 26.5. The molecule has 0 aliphatic carbocycles. The second-order valence-electron chi connectivity index (χ2n) is 6.34. The summed E-state index contributed by atoms with van der Waals surface area (Å²) in [5.41, 5.74) is 1.33. The van der Waals surface area contributed by atoms with Crippen LogP contribution in [0.25, 0.3) is 0 Å². The first-order valence-electron chi connectivity index (χ1n) is 7.74. The first kappa shape index (κ1) is 15.2. The summed E-state index contributed by atoms with van der Waals surface area (Å²) in [6, 6.07) is 12.1. The molecule has 0 radical (unpaired) electrons. The van der Waals surface area contributed by atoms with Crippen molar-refractivity contribution in [2.24, 2.45) is 0 Å². The van der Waals surface area contributed by atoms with Crippen LogP contribution in [0.5, 0.6) is 0 Å². The number of nitrogens with one attached hydrogen (secondary N) is 1. The molecule has 0 bridgehead atoms. The number of rotatable bonds is 4. The molecule has 5 nitrogen and oxygen atoms in total. The van der Waals surface area contributed by atoms with Gasteiger partial charge >= 0.3 is 0 Å². The second-order valence-corrected chi connectivity index (χ2v) is 6.34. The summed E-state index contributed by atoms with van der Waals surface area (Å²) in [6.07, 6.45) is 2.51. The van der Waals surface area contributed by atoms with E-state index in [1.807, 2.05) is 50.5 Å². The Balaban J connectivity index is 1.79. The Morgan fingerprint density at radius 3 is 2.73 bits per heavy atom. The van der Waals surface area contributed by atoms with E-state index in [-0.39, 0.29) is 6.04 Å². The van der Waals surface area contributed by atoms with Crippen LogP contribution in [0.3, 0.4) is 0 Å². The number of nitrogens with zero attached hydrogens (tertiary/aromatic N) is 3. The van der Waals surface area contributed by atoms with Crippen molar-refractivity contribution in [1.82, 2.24) is 20.0 Å². The van der Waals surface area contributed by atoms with Crippen LogP contribution in [0.15, 0.2) is 42.6 Å². The number of hydrogen-bond donors (Lipinski definition) is 2. The molecule has 1 fully saturated rings. The lowest BCUT2D eigenvalue weighted by atomic mass is 9.80. The zero-order valence-electron chi connectivity index (χ0n) is 13.2. The average molecular weight is 300 g/mol. The minimum absolute atomic E-state index is 0.0616. The van der Waals surface area contributed by atoms with E-state index in [2.05, 4.69) is 20.0 Å². The Labute approximate surface area is 131 Å². The summed E-state index contributed by atoms with van der Waals surface area (Å²) in [6.45, 7) is 2.54. The van der Waals surface area contributed by atoms with Gasteiger partial charge in [-0.25, -0.2) is 0 Å². The van der Waals surface area contributed by atoms with E-state index in [1.54, 1.807) is 6.20 Å². The standard InChI is InChI=1S/C17H24N4O/c1-20(2)16-13-21(12-15-8-10-18-19-15)11-9-17(16,22)14-6-4-3-5-7-14/h3-8,10,16,22H,9,11-13H2,1-2H3,(H,18,19)/t16-,17+/m1/s1. The number of likely N-dealkylation sites (tertiary alicyclic amines) is 1. The van der Waals surface area contributed by atoms with Crippen LogP contribution < -0.4 is 0 Å². The maximum Gasteiger partial charge on any atom is 0.107 e. The van der Waals surface area contributed by atoms with Gasteiger partial charge in [0.1, 0.15) is 5.60 Å². The Kier molecular flexibility index (Phi) is 4.29. The van der Waals surface area contributed by atoms with Crippen molar-refractivity contribution in [1.29, 1.82) is 0 Å². The van der Waals surface area contributed by atoms with Gasteiger partial charge in [-0.05, 0) is 32.1 Å². The van der Waals surface area contributed by atoms with E-state index in [4.69, 9.17) is 0 Å². The van der Waals surface area contributed by atoms with E-state index >= 15 is 0 Å². The molecule has 1 aromatic carbocycles. The molecule has 0 amide bonds. The highest BCUT2D eigenvalue weighted by atomic mass is 16.3. The maximum absolute atomic E-state index is 11.3. The fourth-order valence-electron chi connectivity index (χ4n) is 3.39. The molecule has 5 heteroatoms. The molecule has 2 atom stereocenters. The third-order valence-corrected chi connectivity index (χ3v) is 4.64. The number of hydrogen-bond acceptors (Lipinski definition) is 4. The van der Waals surface area contributed by atoms with E-state index in [1.165, 1.54) is 0 Å². The molecule has 22 heavy (non-hydrogen) atoms. The summed E-state index contributed by atoms with van der Waals surface area (Å²) in [7, 11) is 4.08. The van der Waals surface area contributed by atoms with Gasteiger partial charge in [0.2, 0.25) is 0 Å². The Bertz CT molecular complexity index is 584. The highest BCUT2D eigenvalue weighted by molar-refractivity contribution is 5.25. The average Bonchev–Trinajstić information content (AvgIpc) is 3.03. The van der Waals surface area contributed by atoms with Gasteiger partial charge in [0.25, 0.3) is 0 Å². The van der Waals surface area contributed by atoms with Crippen molar-refractivity contribution >= 4 is 0 Å². The van der Waals surface area contributed by atoms with Crippen LogP contribution in [0.1, 0.15) is 17.7 Å². The van der Waals surface area contributed by atoms with Crippen molar-refractivity contribution in [3.63, 3.8) is 0 Å². The van der Waals surface area contributed by atoms with Crippen LogP contribution in [-0.4, -0.2) is 58.3 Å². The van der Waals surface area contributed by atoms with Crippen LogP contribution >= 0.6 is 0 Å². The van der Waals surface area contributed by atoms with E-state index in [0.717, 1.165) is 37.3 Å². The maximum atomic E-state index is 11.3. The van der Waals surface area contributed by atoms with Crippen LogP contribution in [-0.2, 0) is 12.1 Å². The van der Waals surface area contributed by atoms with Crippen LogP contribution in [0, 0.1) is 0 Å². The zero-order chi connectivity index (χ0) is 15.6. The molecule has 118 valence electrons. The quantitative estimate of drug-likeness (QED) is 0.897. The lowest BCUT2D eigenvalue weighted by molar-refractivity contribution is -0.0894. The van der Waals surface area contributed by atoms with Gasteiger partial charge in [-0.15, -0.1) is 0 Å². The summed E-state index contributed by atoms with van der Waals surface area (Å²) in [5.74, 6) is 0. The third kappa shape index (κ3) is 2.92. The number of aromatic amines is 1. The minimum atomic E-state index is -0.796. The van der Waals surface area contributed by atoms with Gasteiger partial charge in [-0.2, -0.15) is 5.10 Å². The smallest absolute Gasteiger partial charge is 0.107 e. The molecule has 0 spiro atoms. The first-order chi connectivity index (χ1) is 10.6. The fraction of sp³-hybridized carbons (Fsp3) is 0.471. The van der Waals surface area contributed by atoms with Crippen molar-refractivity contribution < 1.29 is 5.11 Å². The van der Waals surface area contributed by atoms with Gasteiger partial charge in [0.05, 0.1) is 6.04 Å². The molecule has 2 heterocycles. The van der Waals surface area contributed by atoms with E-state index in [9.17, 15) is 5.11 Å². The minimum Gasteiger partial charge on any atom is -0.383 e. The summed E-state index contributed by atoms with van der Waals surface area (Å²) in [5, 5.41) is 18.3. The van der Waals surface area contributed by atoms with Crippen molar-refractivity contribution in [2.45, 2.75) is 24.6 Å². The zero-order valence-corrected chi connectivity index (χ0v) is 13.2. The predicted molar refractivity (Wildman–Crippen MR) is 86.3 cm³/mol. The summed E-state index contributed by atoms with van der Waals surface area (Å²) < 4.78 is 0. The Morgan fingerprint density at radius 1 is 1.32 bits per heavy atom. The molecule has 2 aromatic rings. The lowest BCUT2D eigenvalue weighted by Crippen LogP contribution is -2.58. The highest BCUT2D eigenvalue weighted by Crippen LogP contribution is 2.35. The molecule has 3 rings (SSSR count). The molecule has 2 N–H and O–H groups in total. The second kappa shape index (κ2) is 6.20. The topological polar surface area (TPSA) is 55.4 Å². The van der Waals surface area contributed by atoms with Gasteiger partial charge < -0.3 is 10.0 Å². The molecule has 1 saturated heterocycles. The molecule has 0 unspecified atom stereocenters. The lowest BCUT2D eigenvalue weighted by Gasteiger charge is -2.47. The van der Waals surface area contributed by atoms with Gasteiger partial charge in [0, 0.05) is 31.5 Å². The summed E-state index contributed by atoms with van der Waals surface area (Å²) in [4.78, 5) is 4.50. The Hall–Kier alpha value is -1.69. The number of H-pyrrole nitrogens is 1. The molecular weight excluding hydrogens is 276 g/mol. The van der Waals surface area contributed by atoms with Gasteiger partial charge in [-0.3, -0.25) is 10.00 Å².